The highest BCUT2D eigenvalue weighted by Crippen LogP contribution is 2.30. The smallest absolute Gasteiger partial charge is 0.259 e. The summed E-state index contributed by atoms with van der Waals surface area (Å²) in [7, 11) is 1.60. The van der Waals surface area contributed by atoms with Gasteiger partial charge in [-0.3, -0.25) is 4.98 Å². The van der Waals surface area contributed by atoms with Gasteiger partial charge in [0, 0.05) is 6.20 Å². The number of hydrogen-bond donors (Lipinski definition) is 1. The van der Waals surface area contributed by atoms with E-state index in [-0.39, 0.29) is 11.6 Å². The lowest BCUT2D eigenvalue weighted by atomic mass is 10.1. The Kier molecular flexibility index (Phi) is 3.27. The van der Waals surface area contributed by atoms with Crippen molar-refractivity contribution in [2.24, 2.45) is 0 Å². The van der Waals surface area contributed by atoms with Crippen molar-refractivity contribution in [3.63, 3.8) is 0 Å². The zero-order valence-corrected chi connectivity index (χ0v) is 11.6. The molecule has 3 rings (SSSR count). The van der Waals surface area contributed by atoms with Crippen LogP contribution in [0.25, 0.3) is 22.8 Å². The van der Waals surface area contributed by atoms with Gasteiger partial charge < -0.3 is 14.4 Å². The third-order valence-electron chi connectivity index (χ3n) is 2.99. The lowest BCUT2D eigenvalue weighted by molar-refractivity contribution is 0.413. The molecule has 106 valence electrons. The third-order valence-corrected chi connectivity index (χ3v) is 2.99. The minimum atomic E-state index is 0.0418. The monoisotopic (exact) mass is 283 g/mol. The van der Waals surface area contributed by atoms with Crippen molar-refractivity contribution in [3.8, 4) is 34.3 Å². The lowest BCUT2D eigenvalue weighted by Gasteiger charge is -2.05. The second-order valence-corrected chi connectivity index (χ2v) is 4.56. The zero-order chi connectivity index (χ0) is 14.8. The maximum Gasteiger partial charge on any atom is 0.259 e. The Morgan fingerprint density at radius 1 is 1.19 bits per heavy atom. The van der Waals surface area contributed by atoms with E-state index in [9.17, 15) is 5.11 Å². The molecule has 1 aromatic carbocycles. The number of benzene rings is 1. The summed E-state index contributed by atoms with van der Waals surface area (Å²) in [5.41, 5.74) is 2.38. The molecule has 2 heterocycles. The van der Waals surface area contributed by atoms with E-state index in [1.165, 1.54) is 12.3 Å². The Hall–Kier alpha value is -2.89. The van der Waals surface area contributed by atoms with Crippen LogP contribution in [0.1, 0.15) is 5.56 Å². The number of nitrogens with zero attached hydrogens (tertiary/aromatic N) is 3. The van der Waals surface area contributed by atoms with E-state index in [1.54, 1.807) is 13.3 Å². The van der Waals surface area contributed by atoms with E-state index in [0.717, 1.165) is 11.1 Å². The number of ether oxygens (including phenoxy) is 1. The molecule has 6 heteroatoms. The van der Waals surface area contributed by atoms with Gasteiger partial charge in [-0.2, -0.15) is 4.98 Å². The summed E-state index contributed by atoms with van der Waals surface area (Å²) in [5.74, 6) is 1.43. The van der Waals surface area contributed by atoms with Gasteiger partial charge in [0.2, 0.25) is 5.82 Å². The highest BCUT2D eigenvalue weighted by molar-refractivity contribution is 5.66. The molecule has 0 atom stereocenters. The standard InChI is InChI=1S/C15H13N3O3/c1-9-3-4-12(13(5-9)20-2)14-17-15(21-18-14)10-6-11(19)8-16-7-10/h3-8,19H,1-2H3. The van der Waals surface area contributed by atoms with Crippen LogP contribution in [0.2, 0.25) is 0 Å². The predicted octanol–water partition coefficient (Wildman–Crippen LogP) is 2.82. The largest absolute Gasteiger partial charge is 0.506 e. The van der Waals surface area contributed by atoms with Gasteiger partial charge in [0.15, 0.2) is 0 Å². The first kappa shape index (κ1) is 13.1. The Labute approximate surface area is 121 Å². The van der Waals surface area contributed by atoms with E-state index >= 15 is 0 Å². The van der Waals surface area contributed by atoms with E-state index < -0.39 is 0 Å². The molecule has 1 N–H and O–H groups in total. The molecular weight excluding hydrogens is 270 g/mol. The number of aromatic hydroxyl groups is 1. The summed E-state index contributed by atoms with van der Waals surface area (Å²) in [6, 6.07) is 7.24. The summed E-state index contributed by atoms with van der Waals surface area (Å²) in [5, 5.41) is 13.4. The summed E-state index contributed by atoms with van der Waals surface area (Å²) in [6.07, 6.45) is 2.88. The normalized spacial score (nSPS) is 10.6. The topological polar surface area (TPSA) is 81.3 Å². The molecular formula is C15H13N3O3. The first-order valence-corrected chi connectivity index (χ1v) is 6.30. The number of aromatic nitrogens is 3. The van der Waals surface area contributed by atoms with Crippen LogP contribution in [-0.2, 0) is 0 Å². The molecule has 21 heavy (non-hydrogen) atoms. The van der Waals surface area contributed by atoms with Gasteiger partial charge in [-0.25, -0.2) is 0 Å². The average molecular weight is 283 g/mol. The lowest BCUT2D eigenvalue weighted by Crippen LogP contribution is -1.90. The molecule has 0 unspecified atom stereocenters. The summed E-state index contributed by atoms with van der Waals surface area (Å²) >= 11 is 0. The molecule has 0 saturated heterocycles. The molecule has 3 aromatic rings. The molecule has 0 saturated carbocycles. The SMILES string of the molecule is COc1cc(C)ccc1-c1noc(-c2cncc(O)c2)n1. The number of aryl methyl sites for hydroxylation is 1. The van der Waals surface area contributed by atoms with Crippen molar-refractivity contribution in [2.75, 3.05) is 7.11 Å². The van der Waals surface area contributed by atoms with Gasteiger partial charge in [0.1, 0.15) is 11.5 Å². The van der Waals surface area contributed by atoms with Crippen LogP contribution in [0.15, 0.2) is 41.2 Å². The Morgan fingerprint density at radius 3 is 2.81 bits per heavy atom. The molecule has 0 aliphatic carbocycles. The second-order valence-electron chi connectivity index (χ2n) is 4.56. The number of pyridine rings is 1. The van der Waals surface area contributed by atoms with Crippen LogP contribution in [0.4, 0.5) is 0 Å². The zero-order valence-electron chi connectivity index (χ0n) is 11.6. The van der Waals surface area contributed by atoms with E-state index in [1.807, 2.05) is 25.1 Å². The van der Waals surface area contributed by atoms with Gasteiger partial charge in [0.25, 0.3) is 5.89 Å². The molecule has 0 fully saturated rings. The summed E-state index contributed by atoms with van der Waals surface area (Å²) in [4.78, 5) is 8.21. The molecule has 0 aliphatic heterocycles. The molecule has 0 aliphatic rings. The first-order valence-electron chi connectivity index (χ1n) is 6.30. The molecule has 0 spiro atoms. The second kappa shape index (κ2) is 5.24. The summed E-state index contributed by atoms with van der Waals surface area (Å²) < 4.78 is 10.6. The molecule has 2 aromatic heterocycles. The third kappa shape index (κ3) is 2.55. The average Bonchev–Trinajstić information content (AvgIpc) is 2.96. The Bertz CT molecular complexity index is 783. The fourth-order valence-corrected chi connectivity index (χ4v) is 1.98. The highest BCUT2D eigenvalue weighted by Gasteiger charge is 2.15. The fourth-order valence-electron chi connectivity index (χ4n) is 1.98. The molecule has 0 amide bonds. The van der Waals surface area contributed by atoms with Crippen LogP contribution < -0.4 is 4.74 Å². The van der Waals surface area contributed by atoms with Gasteiger partial charge in [-0.05, 0) is 30.7 Å². The van der Waals surface area contributed by atoms with E-state index in [4.69, 9.17) is 9.26 Å². The fraction of sp³-hybridized carbons (Fsp3) is 0.133. The first-order chi connectivity index (χ1) is 10.2. The van der Waals surface area contributed by atoms with E-state index in [0.29, 0.717) is 17.1 Å². The van der Waals surface area contributed by atoms with Gasteiger partial charge in [-0.15, -0.1) is 0 Å². The number of rotatable bonds is 3. The predicted molar refractivity (Wildman–Crippen MR) is 75.9 cm³/mol. The highest BCUT2D eigenvalue weighted by atomic mass is 16.5. The molecule has 6 nitrogen and oxygen atoms in total. The van der Waals surface area contributed by atoms with Crippen molar-refractivity contribution < 1.29 is 14.4 Å². The summed E-state index contributed by atoms with van der Waals surface area (Å²) in [6.45, 7) is 1.98. The number of hydrogen-bond acceptors (Lipinski definition) is 6. The minimum Gasteiger partial charge on any atom is -0.506 e. The maximum atomic E-state index is 9.44. The molecule has 0 radical (unpaired) electrons. The van der Waals surface area contributed by atoms with Crippen LogP contribution in [0.5, 0.6) is 11.5 Å². The number of methoxy groups -OCH3 is 1. The van der Waals surface area contributed by atoms with Crippen molar-refractivity contribution in [3.05, 3.63) is 42.2 Å². The van der Waals surface area contributed by atoms with Crippen molar-refractivity contribution >= 4 is 0 Å². The van der Waals surface area contributed by atoms with Gasteiger partial charge in [-0.1, -0.05) is 11.2 Å². The van der Waals surface area contributed by atoms with Crippen molar-refractivity contribution in [2.45, 2.75) is 6.92 Å². The quantitative estimate of drug-likeness (QED) is 0.796. The van der Waals surface area contributed by atoms with Gasteiger partial charge in [0.05, 0.1) is 24.4 Å². The molecule has 0 bridgehead atoms. The van der Waals surface area contributed by atoms with Gasteiger partial charge >= 0.3 is 0 Å². The minimum absolute atomic E-state index is 0.0418. The van der Waals surface area contributed by atoms with Crippen LogP contribution in [0, 0.1) is 6.92 Å². The van der Waals surface area contributed by atoms with Crippen molar-refractivity contribution in [1.29, 1.82) is 0 Å². The Morgan fingerprint density at radius 2 is 2.05 bits per heavy atom. The maximum absolute atomic E-state index is 9.44. The van der Waals surface area contributed by atoms with Crippen LogP contribution in [-0.4, -0.2) is 27.3 Å². The van der Waals surface area contributed by atoms with E-state index in [2.05, 4.69) is 15.1 Å². The van der Waals surface area contributed by atoms with Crippen LogP contribution in [0.3, 0.4) is 0 Å². The Balaban J connectivity index is 2.02. The van der Waals surface area contributed by atoms with Crippen molar-refractivity contribution in [1.82, 2.24) is 15.1 Å². The van der Waals surface area contributed by atoms with Crippen LogP contribution >= 0.6 is 0 Å².